The molecule has 0 atom stereocenters. The predicted molar refractivity (Wildman–Crippen MR) is 112 cm³/mol. The summed E-state index contributed by atoms with van der Waals surface area (Å²) in [6.45, 7) is 10.1. The molecule has 0 spiro atoms. The normalized spacial score (nSPS) is 12.9. The molecule has 0 fully saturated rings. The molecule has 2 N–H and O–H groups in total. The van der Waals surface area contributed by atoms with Crippen molar-refractivity contribution in [3.8, 4) is 11.3 Å². The van der Waals surface area contributed by atoms with Crippen molar-refractivity contribution < 1.29 is 0 Å². The Morgan fingerprint density at radius 3 is 2.77 bits per heavy atom. The Hall–Kier alpha value is -3.21. The fourth-order valence-electron chi connectivity index (χ4n) is 2.49. The Kier molecular flexibility index (Phi) is 6.85. The fraction of sp³-hybridized carbons (Fsp3) is 0.190. The number of rotatable bonds is 7. The summed E-state index contributed by atoms with van der Waals surface area (Å²) in [4.78, 5) is 8.56. The Morgan fingerprint density at radius 2 is 2.08 bits per heavy atom. The monoisotopic (exact) mass is 347 g/mol. The number of aryl methyl sites for hydroxylation is 1. The molecule has 5 heteroatoms. The van der Waals surface area contributed by atoms with E-state index in [0.717, 1.165) is 33.8 Å². The number of H-pyrrole nitrogens is 1. The van der Waals surface area contributed by atoms with E-state index in [1.807, 2.05) is 44.3 Å². The van der Waals surface area contributed by atoms with Gasteiger partial charge in [-0.1, -0.05) is 36.9 Å². The highest BCUT2D eigenvalue weighted by atomic mass is 15.1. The van der Waals surface area contributed by atoms with Gasteiger partial charge in [0, 0.05) is 48.2 Å². The quantitative estimate of drug-likeness (QED) is 0.551. The Bertz CT molecular complexity index is 881. The highest BCUT2D eigenvalue weighted by Crippen LogP contribution is 2.29. The number of aliphatic imine (C=N–C) groups is 2. The summed E-state index contributed by atoms with van der Waals surface area (Å²) in [6.07, 6.45) is 9.14. The van der Waals surface area contributed by atoms with E-state index in [1.165, 1.54) is 0 Å². The predicted octanol–water partition coefficient (Wildman–Crippen LogP) is 4.93. The molecule has 1 aromatic heterocycles. The van der Waals surface area contributed by atoms with Gasteiger partial charge in [0.1, 0.15) is 5.69 Å². The lowest BCUT2D eigenvalue weighted by Gasteiger charge is -2.12. The summed E-state index contributed by atoms with van der Waals surface area (Å²) >= 11 is 0. The molecule has 0 radical (unpaired) electrons. The zero-order chi connectivity index (χ0) is 18.9. The first-order valence-corrected chi connectivity index (χ1v) is 8.43. The minimum Gasteiger partial charge on any atom is -0.352 e. The van der Waals surface area contributed by atoms with Crippen molar-refractivity contribution in [2.24, 2.45) is 9.98 Å². The lowest BCUT2D eigenvalue weighted by atomic mass is 10.0. The molecule has 0 aliphatic heterocycles. The van der Waals surface area contributed by atoms with Crippen LogP contribution in [-0.4, -0.2) is 29.7 Å². The number of aromatic amines is 1. The Balaban J connectivity index is 2.33. The third-order valence-corrected chi connectivity index (χ3v) is 3.85. The smallest absolute Gasteiger partial charge is 0.116 e. The van der Waals surface area contributed by atoms with Crippen molar-refractivity contribution >= 4 is 18.1 Å². The molecular formula is C21H25N5. The number of anilines is 1. The molecule has 26 heavy (non-hydrogen) atoms. The lowest BCUT2D eigenvalue weighted by molar-refractivity contribution is 1.09. The maximum absolute atomic E-state index is 4.43. The average Bonchev–Trinajstić information content (AvgIpc) is 3.07. The van der Waals surface area contributed by atoms with Crippen LogP contribution in [0.4, 0.5) is 5.69 Å². The number of hydrogen-bond donors (Lipinski definition) is 2. The molecule has 0 bridgehead atoms. The average molecular weight is 347 g/mol. The minimum atomic E-state index is 0.710. The van der Waals surface area contributed by atoms with E-state index in [0.29, 0.717) is 5.70 Å². The minimum absolute atomic E-state index is 0.710. The molecule has 2 rings (SSSR count). The van der Waals surface area contributed by atoms with Crippen LogP contribution in [-0.2, 0) is 0 Å². The number of nitrogens with zero attached hydrogens (tertiary/aromatic N) is 3. The maximum atomic E-state index is 4.43. The highest BCUT2D eigenvalue weighted by molar-refractivity contribution is 5.89. The van der Waals surface area contributed by atoms with E-state index in [4.69, 9.17) is 0 Å². The zero-order valence-corrected chi connectivity index (χ0v) is 15.7. The van der Waals surface area contributed by atoms with Crippen molar-refractivity contribution in [1.82, 2.24) is 10.2 Å². The van der Waals surface area contributed by atoms with Crippen LogP contribution in [0, 0.1) is 6.92 Å². The van der Waals surface area contributed by atoms with Gasteiger partial charge >= 0.3 is 0 Å². The molecule has 2 aromatic rings. The Labute approximate surface area is 155 Å². The first-order valence-electron chi connectivity index (χ1n) is 8.43. The number of aromatic nitrogens is 2. The second kappa shape index (κ2) is 9.32. The van der Waals surface area contributed by atoms with Gasteiger partial charge in [-0.25, -0.2) is 0 Å². The van der Waals surface area contributed by atoms with Gasteiger partial charge in [0.15, 0.2) is 0 Å². The SMILES string of the molecule is C=C(Nc1c[nH]nc1-c1ccccc1C)C(/C=N\C)=C(C)\N=C/C=C\C. The third-order valence-electron chi connectivity index (χ3n) is 3.85. The second-order valence-electron chi connectivity index (χ2n) is 5.76. The number of benzene rings is 1. The van der Waals surface area contributed by atoms with Gasteiger partial charge in [-0.15, -0.1) is 0 Å². The van der Waals surface area contributed by atoms with E-state index in [2.05, 4.69) is 51.1 Å². The first kappa shape index (κ1) is 19.1. The molecule has 134 valence electrons. The van der Waals surface area contributed by atoms with Gasteiger partial charge in [-0.3, -0.25) is 15.1 Å². The third kappa shape index (κ3) is 4.66. The van der Waals surface area contributed by atoms with Crippen molar-refractivity contribution in [3.05, 3.63) is 71.7 Å². The van der Waals surface area contributed by atoms with Crippen molar-refractivity contribution in [3.63, 3.8) is 0 Å². The largest absolute Gasteiger partial charge is 0.352 e. The molecule has 1 heterocycles. The maximum Gasteiger partial charge on any atom is 0.116 e. The topological polar surface area (TPSA) is 65.4 Å². The van der Waals surface area contributed by atoms with Gasteiger partial charge in [-0.05, 0) is 32.4 Å². The van der Waals surface area contributed by atoms with E-state index in [1.54, 1.807) is 19.5 Å². The summed E-state index contributed by atoms with van der Waals surface area (Å²) in [7, 11) is 1.73. The Morgan fingerprint density at radius 1 is 1.31 bits per heavy atom. The number of nitrogens with one attached hydrogen (secondary N) is 2. The standard InChI is InChI=1S/C21H25N5/c1-6-7-12-23-16(3)19(13-22-5)17(4)25-20-14-24-26-21(20)18-11-9-8-10-15(18)2/h6-14,25H,4H2,1-3,5H3,(H,24,26)/b7-6-,19-16-,22-13-,23-12-. The summed E-state index contributed by atoms with van der Waals surface area (Å²) in [5.74, 6) is 0. The van der Waals surface area contributed by atoms with E-state index >= 15 is 0 Å². The molecule has 5 nitrogen and oxygen atoms in total. The van der Waals surface area contributed by atoms with E-state index in [9.17, 15) is 0 Å². The molecular weight excluding hydrogens is 322 g/mol. The summed E-state index contributed by atoms with van der Waals surface area (Å²) < 4.78 is 0. The molecule has 0 saturated carbocycles. The summed E-state index contributed by atoms with van der Waals surface area (Å²) in [5.41, 5.74) is 6.32. The number of hydrogen-bond acceptors (Lipinski definition) is 4. The number of allylic oxidation sites excluding steroid dienone is 4. The first-order chi connectivity index (χ1) is 12.6. The van der Waals surface area contributed by atoms with Crippen LogP contribution in [0.1, 0.15) is 19.4 Å². The summed E-state index contributed by atoms with van der Waals surface area (Å²) in [6, 6.07) is 8.14. The van der Waals surface area contributed by atoms with Crippen LogP contribution in [0.25, 0.3) is 11.3 Å². The van der Waals surface area contributed by atoms with E-state index in [-0.39, 0.29) is 0 Å². The second-order valence-corrected chi connectivity index (χ2v) is 5.76. The van der Waals surface area contributed by atoms with Gasteiger partial charge in [0.05, 0.1) is 5.69 Å². The molecule has 1 aromatic carbocycles. The van der Waals surface area contributed by atoms with Gasteiger partial charge in [0.25, 0.3) is 0 Å². The summed E-state index contributed by atoms with van der Waals surface area (Å²) in [5, 5.41) is 10.7. The lowest BCUT2D eigenvalue weighted by Crippen LogP contribution is -2.05. The van der Waals surface area contributed by atoms with Crippen LogP contribution in [0.2, 0.25) is 0 Å². The van der Waals surface area contributed by atoms with Gasteiger partial charge < -0.3 is 5.32 Å². The van der Waals surface area contributed by atoms with Gasteiger partial charge in [0.2, 0.25) is 0 Å². The van der Waals surface area contributed by atoms with E-state index < -0.39 is 0 Å². The van der Waals surface area contributed by atoms with Crippen molar-refractivity contribution in [1.29, 1.82) is 0 Å². The zero-order valence-electron chi connectivity index (χ0n) is 15.7. The molecule has 0 aliphatic rings. The fourth-order valence-corrected chi connectivity index (χ4v) is 2.49. The van der Waals surface area contributed by atoms with Crippen LogP contribution in [0.3, 0.4) is 0 Å². The van der Waals surface area contributed by atoms with Crippen molar-refractivity contribution in [2.75, 3.05) is 12.4 Å². The molecule has 0 aliphatic carbocycles. The highest BCUT2D eigenvalue weighted by Gasteiger charge is 2.13. The van der Waals surface area contributed by atoms with Crippen LogP contribution in [0.5, 0.6) is 0 Å². The molecule has 0 amide bonds. The van der Waals surface area contributed by atoms with Gasteiger partial charge in [-0.2, -0.15) is 5.10 Å². The molecule has 0 unspecified atom stereocenters. The molecule has 0 saturated heterocycles. The van der Waals surface area contributed by atoms with Crippen LogP contribution < -0.4 is 5.32 Å². The van der Waals surface area contributed by atoms with Crippen LogP contribution in [0.15, 0.2) is 76.1 Å². The van der Waals surface area contributed by atoms with Crippen LogP contribution >= 0.6 is 0 Å². The van der Waals surface area contributed by atoms with Crippen molar-refractivity contribution in [2.45, 2.75) is 20.8 Å².